The van der Waals surface area contributed by atoms with Crippen molar-refractivity contribution in [3.05, 3.63) is 24.0 Å². The highest BCUT2D eigenvalue weighted by Crippen LogP contribution is 2.36. The van der Waals surface area contributed by atoms with Crippen LogP contribution in [0, 0.1) is 17.2 Å². The molecular weight excluding hydrogens is 276 g/mol. The maximum absolute atomic E-state index is 12.8. The Morgan fingerprint density at radius 3 is 2.90 bits per heavy atom. The molecule has 0 spiro atoms. The molecule has 0 saturated carbocycles. The lowest BCUT2D eigenvalue weighted by Gasteiger charge is -2.26. The average molecular weight is 292 g/mol. The van der Waals surface area contributed by atoms with Crippen molar-refractivity contribution in [2.75, 3.05) is 13.1 Å². The van der Waals surface area contributed by atoms with Crippen LogP contribution in [0.25, 0.3) is 0 Å². The number of fused-ring (bicyclic) bond motifs is 1. The van der Waals surface area contributed by atoms with Crippen LogP contribution in [0.2, 0.25) is 0 Å². The zero-order valence-corrected chi connectivity index (χ0v) is 12.0. The van der Waals surface area contributed by atoms with Gasteiger partial charge in [-0.05, 0) is 37.9 Å². The maximum atomic E-state index is 12.8. The van der Waals surface area contributed by atoms with Gasteiger partial charge in [-0.1, -0.05) is 0 Å². The molecule has 0 aliphatic carbocycles. The van der Waals surface area contributed by atoms with Crippen LogP contribution in [0.5, 0.6) is 0 Å². The monoisotopic (exact) mass is 292 g/mol. The summed E-state index contributed by atoms with van der Waals surface area (Å²) in [5, 5.41) is 12.0. The second-order valence-corrected chi connectivity index (χ2v) is 7.24. The number of pyridine rings is 1. The van der Waals surface area contributed by atoms with Gasteiger partial charge in [-0.25, -0.2) is 13.4 Å². The van der Waals surface area contributed by atoms with E-state index < -0.39 is 10.0 Å². The molecule has 0 aromatic carbocycles. The van der Waals surface area contributed by atoms with Gasteiger partial charge in [-0.15, -0.1) is 0 Å². The predicted molar refractivity (Wildman–Crippen MR) is 72.2 cm³/mol. The van der Waals surface area contributed by atoms with Gasteiger partial charge in [-0.3, -0.25) is 0 Å². The first-order chi connectivity index (χ1) is 9.54. The molecule has 106 valence electrons. The summed E-state index contributed by atoms with van der Waals surface area (Å²) < 4.78 is 27.1. The maximum Gasteiger partial charge on any atom is 0.245 e. The van der Waals surface area contributed by atoms with Crippen LogP contribution in [0.3, 0.4) is 0 Å². The molecule has 1 aromatic rings. The molecule has 2 aliphatic heterocycles. The number of aromatic nitrogens is 1. The second kappa shape index (κ2) is 4.81. The Bertz CT molecular complexity index is 650. The lowest BCUT2D eigenvalue weighted by Crippen LogP contribution is -2.42. The summed E-state index contributed by atoms with van der Waals surface area (Å²) >= 11 is 0. The third-order valence-electron chi connectivity index (χ3n) is 4.14. The van der Waals surface area contributed by atoms with E-state index in [-0.39, 0.29) is 22.7 Å². The highest BCUT2D eigenvalue weighted by Gasteiger charge is 2.47. The minimum absolute atomic E-state index is 0.00717. The zero-order chi connectivity index (χ0) is 14.3. The minimum Gasteiger partial charge on any atom is -0.315 e. The summed E-state index contributed by atoms with van der Waals surface area (Å²) in [6.07, 6.45) is 2.16. The molecule has 0 bridgehead atoms. The first-order valence-corrected chi connectivity index (χ1v) is 8.08. The van der Waals surface area contributed by atoms with E-state index in [4.69, 9.17) is 5.26 Å². The van der Waals surface area contributed by atoms with Crippen LogP contribution < -0.4 is 5.32 Å². The zero-order valence-electron chi connectivity index (χ0n) is 11.2. The van der Waals surface area contributed by atoms with Crippen molar-refractivity contribution in [2.45, 2.75) is 30.3 Å². The van der Waals surface area contributed by atoms with Crippen molar-refractivity contribution in [3.8, 4) is 6.07 Å². The number of rotatable bonds is 2. The van der Waals surface area contributed by atoms with Gasteiger partial charge in [0.25, 0.3) is 0 Å². The predicted octanol–water partition coefficient (Wildman–Crippen LogP) is 0.324. The van der Waals surface area contributed by atoms with Gasteiger partial charge in [0.15, 0.2) is 0 Å². The van der Waals surface area contributed by atoms with Gasteiger partial charge in [0, 0.05) is 24.8 Å². The average Bonchev–Trinajstić information content (AvgIpc) is 2.98. The van der Waals surface area contributed by atoms with Crippen molar-refractivity contribution in [1.29, 1.82) is 5.26 Å². The summed E-state index contributed by atoms with van der Waals surface area (Å²) in [5.41, 5.74) is 0.221. The summed E-state index contributed by atoms with van der Waals surface area (Å²) in [6.45, 7) is 3.54. The van der Waals surface area contributed by atoms with E-state index in [2.05, 4.69) is 10.3 Å². The fourth-order valence-corrected chi connectivity index (χ4v) is 5.09. The molecular formula is C13H16N4O2S. The number of nitrogens with one attached hydrogen (secondary N) is 1. The Balaban J connectivity index is 1.96. The van der Waals surface area contributed by atoms with Gasteiger partial charge < -0.3 is 5.32 Å². The van der Waals surface area contributed by atoms with Crippen molar-refractivity contribution >= 4 is 10.0 Å². The Labute approximate surface area is 118 Å². The number of nitrogens with zero attached hydrogens (tertiary/aromatic N) is 3. The topological polar surface area (TPSA) is 86.1 Å². The van der Waals surface area contributed by atoms with Crippen molar-refractivity contribution in [1.82, 2.24) is 14.6 Å². The lowest BCUT2D eigenvalue weighted by molar-refractivity contribution is 0.335. The van der Waals surface area contributed by atoms with Gasteiger partial charge >= 0.3 is 0 Å². The molecule has 20 heavy (non-hydrogen) atoms. The second-order valence-electron chi connectivity index (χ2n) is 5.40. The standard InChI is InChI=1S/C13H16N4O2S/c1-9-4-10-6-15-8-13(10)17(9)20(18,19)12-3-2-11(5-14)16-7-12/h2-3,7,9-10,13,15H,4,6,8H2,1H3. The quantitative estimate of drug-likeness (QED) is 0.848. The Kier molecular flexibility index (Phi) is 3.24. The van der Waals surface area contributed by atoms with E-state index >= 15 is 0 Å². The minimum atomic E-state index is -3.55. The number of sulfonamides is 1. The SMILES string of the molecule is CC1CC2CNCC2N1S(=O)(=O)c1ccc(C#N)nc1. The molecule has 2 saturated heterocycles. The lowest BCUT2D eigenvalue weighted by atomic mass is 10.0. The molecule has 2 aliphatic rings. The molecule has 3 atom stereocenters. The van der Waals surface area contributed by atoms with Crippen molar-refractivity contribution < 1.29 is 8.42 Å². The van der Waals surface area contributed by atoms with E-state index in [0.29, 0.717) is 12.5 Å². The van der Waals surface area contributed by atoms with Crippen LogP contribution >= 0.6 is 0 Å². The van der Waals surface area contributed by atoms with Crippen LogP contribution in [-0.4, -0.2) is 42.9 Å². The largest absolute Gasteiger partial charge is 0.315 e. The fraction of sp³-hybridized carbons (Fsp3) is 0.538. The third kappa shape index (κ3) is 2.00. The Morgan fingerprint density at radius 1 is 1.45 bits per heavy atom. The first kappa shape index (κ1) is 13.5. The highest BCUT2D eigenvalue weighted by atomic mass is 32.2. The summed E-state index contributed by atoms with van der Waals surface area (Å²) in [7, 11) is -3.55. The summed E-state index contributed by atoms with van der Waals surface area (Å²) in [4.78, 5) is 4.03. The van der Waals surface area contributed by atoms with Crippen LogP contribution in [0.15, 0.2) is 23.2 Å². The van der Waals surface area contributed by atoms with Crippen LogP contribution in [0.4, 0.5) is 0 Å². The first-order valence-electron chi connectivity index (χ1n) is 6.64. The molecule has 6 nitrogen and oxygen atoms in total. The number of nitriles is 1. The Hall–Kier alpha value is -1.49. The summed E-state index contributed by atoms with van der Waals surface area (Å²) in [6, 6.07) is 4.84. The van der Waals surface area contributed by atoms with Gasteiger partial charge in [0.2, 0.25) is 10.0 Å². The van der Waals surface area contributed by atoms with Gasteiger partial charge in [-0.2, -0.15) is 9.57 Å². The molecule has 3 unspecified atom stereocenters. The number of hydrogen-bond donors (Lipinski definition) is 1. The van der Waals surface area contributed by atoms with Crippen LogP contribution in [0.1, 0.15) is 19.0 Å². The van der Waals surface area contributed by atoms with E-state index in [0.717, 1.165) is 13.0 Å². The highest BCUT2D eigenvalue weighted by molar-refractivity contribution is 7.89. The van der Waals surface area contributed by atoms with Crippen LogP contribution in [-0.2, 0) is 10.0 Å². The molecule has 0 radical (unpaired) electrons. The molecule has 3 rings (SSSR count). The molecule has 3 heterocycles. The fourth-order valence-electron chi connectivity index (χ4n) is 3.26. The van der Waals surface area contributed by atoms with Crippen molar-refractivity contribution in [2.24, 2.45) is 5.92 Å². The molecule has 1 aromatic heterocycles. The van der Waals surface area contributed by atoms with E-state index in [9.17, 15) is 8.42 Å². The van der Waals surface area contributed by atoms with E-state index in [1.165, 1.54) is 18.3 Å². The van der Waals surface area contributed by atoms with E-state index in [1.54, 1.807) is 4.31 Å². The van der Waals surface area contributed by atoms with E-state index in [1.807, 2.05) is 13.0 Å². The molecule has 1 N–H and O–H groups in total. The summed E-state index contributed by atoms with van der Waals surface area (Å²) in [5.74, 6) is 0.395. The Morgan fingerprint density at radius 2 is 2.25 bits per heavy atom. The molecule has 7 heteroatoms. The smallest absolute Gasteiger partial charge is 0.245 e. The van der Waals surface area contributed by atoms with Gasteiger partial charge in [0.05, 0.1) is 0 Å². The third-order valence-corrected chi connectivity index (χ3v) is 6.16. The normalized spacial score (nSPS) is 30.1. The molecule has 2 fully saturated rings. The van der Waals surface area contributed by atoms with Gasteiger partial charge in [0.1, 0.15) is 16.7 Å². The number of hydrogen-bond acceptors (Lipinski definition) is 5. The molecule has 0 amide bonds. The van der Waals surface area contributed by atoms with Crippen molar-refractivity contribution in [3.63, 3.8) is 0 Å².